The Balaban J connectivity index is 1.82. The molecule has 33 heavy (non-hydrogen) atoms. The van der Waals surface area contributed by atoms with Gasteiger partial charge in [-0.05, 0) is 40.2 Å². The monoisotopic (exact) mass is 460 g/mol. The molecule has 5 rings (SSSR count). The number of hydrogen-bond donors (Lipinski definition) is 2. The van der Waals surface area contributed by atoms with E-state index in [1.807, 2.05) is 0 Å². The Bertz CT molecular complexity index is 1070. The van der Waals surface area contributed by atoms with Gasteiger partial charge in [0.2, 0.25) is 6.29 Å². The Kier molecular flexibility index (Phi) is 4.35. The Morgan fingerprint density at radius 3 is 2.36 bits per heavy atom. The number of aliphatic hydroxyl groups excluding tert-OH is 1. The van der Waals surface area contributed by atoms with E-state index in [-0.39, 0.29) is 23.4 Å². The summed E-state index contributed by atoms with van der Waals surface area (Å²) in [6, 6.07) is 0. The predicted molar refractivity (Wildman–Crippen MR) is 110 cm³/mol. The van der Waals surface area contributed by atoms with Crippen molar-refractivity contribution in [2.45, 2.75) is 64.6 Å². The summed E-state index contributed by atoms with van der Waals surface area (Å²) in [4.78, 5) is 52.9. The smallest absolute Gasteiger partial charge is 0.332 e. The van der Waals surface area contributed by atoms with Crippen molar-refractivity contribution in [3.05, 3.63) is 23.3 Å². The van der Waals surface area contributed by atoms with Gasteiger partial charge in [-0.15, -0.1) is 0 Å². The lowest BCUT2D eigenvalue weighted by molar-refractivity contribution is -0.228. The van der Waals surface area contributed by atoms with Crippen molar-refractivity contribution in [2.75, 3.05) is 6.61 Å². The molecule has 9 heteroatoms. The molecular weight excluding hydrogens is 432 g/mol. The molecule has 0 aromatic carbocycles. The average Bonchev–Trinajstić information content (AvgIpc) is 2.93. The number of ketones is 2. The Morgan fingerprint density at radius 2 is 1.73 bits per heavy atom. The van der Waals surface area contributed by atoms with Crippen LogP contribution in [0.5, 0.6) is 0 Å². The van der Waals surface area contributed by atoms with Crippen LogP contribution < -0.4 is 0 Å². The minimum absolute atomic E-state index is 0.0399. The molecule has 0 radical (unpaired) electrons. The molecule has 2 aliphatic carbocycles. The highest BCUT2D eigenvalue weighted by Crippen LogP contribution is 2.67. The summed E-state index contributed by atoms with van der Waals surface area (Å²) < 4.78 is 16.6. The molecule has 9 nitrogen and oxygen atoms in total. The van der Waals surface area contributed by atoms with Gasteiger partial charge in [0, 0.05) is 40.4 Å². The van der Waals surface area contributed by atoms with Crippen molar-refractivity contribution in [1.82, 2.24) is 0 Å². The SMILES string of the molecule is C[C@H]1O[C@@H]2OC(=O)[C@]3(C)C[C@@H]4[C@](C)(C(=O)C=C5C(=CC(=O)OC5(C)C)[C@@]4(O)CO)[C@H](C1=O)[C@H]23. The summed E-state index contributed by atoms with van der Waals surface area (Å²) in [5.41, 5.74) is -5.72. The molecular formula is C24H28O9. The summed E-state index contributed by atoms with van der Waals surface area (Å²) in [6.07, 6.45) is 0.469. The second kappa shape index (κ2) is 6.40. The molecule has 178 valence electrons. The van der Waals surface area contributed by atoms with Gasteiger partial charge in [-0.3, -0.25) is 14.4 Å². The van der Waals surface area contributed by atoms with Crippen molar-refractivity contribution in [2.24, 2.45) is 28.6 Å². The fraction of sp³-hybridized carbons (Fsp3) is 0.667. The maximum absolute atomic E-state index is 14.0. The van der Waals surface area contributed by atoms with Gasteiger partial charge in [-0.2, -0.15) is 0 Å². The molecule has 2 N–H and O–H groups in total. The first-order valence-corrected chi connectivity index (χ1v) is 11.2. The van der Waals surface area contributed by atoms with E-state index in [1.165, 1.54) is 6.08 Å². The largest absolute Gasteiger partial charge is 0.452 e. The summed E-state index contributed by atoms with van der Waals surface area (Å²) in [5, 5.41) is 22.6. The summed E-state index contributed by atoms with van der Waals surface area (Å²) in [6.45, 7) is 7.16. The fourth-order valence-corrected chi connectivity index (χ4v) is 6.95. The van der Waals surface area contributed by atoms with Crippen molar-refractivity contribution >= 4 is 23.5 Å². The molecule has 0 unspecified atom stereocenters. The van der Waals surface area contributed by atoms with Gasteiger partial charge < -0.3 is 24.4 Å². The Labute approximate surface area is 190 Å². The number of hydrogen-bond acceptors (Lipinski definition) is 9. The molecule has 0 amide bonds. The number of allylic oxidation sites excluding steroid dienone is 1. The molecule has 3 aliphatic heterocycles. The Hall–Kier alpha value is -2.36. The highest BCUT2D eigenvalue weighted by Gasteiger charge is 2.75. The van der Waals surface area contributed by atoms with Crippen molar-refractivity contribution in [3.63, 3.8) is 0 Å². The van der Waals surface area contributed by atoms with Gasteiger partial charge in [0.05, 0.1) is 12.0 Å². The zero-order valence-electron chi connectivity index (χ0n) is 19.2. The highest BCUT2D eigenvalue weighted by molar-refractivity contribution is 6.04. The third kappa shape index (κ3) is 2.53. The second-order valence-electron chi connectivity index (χ2n) is 10.9. The second-order valence-corrected chi connectivity index (χ2v) is 10.9. The number of carbonyl (C=O) groups is 4. The fourth-order valence-electron chi connectivity index (χ4n) is 6.95. The van der Waals surface area contributed by atoms with Crippen LogP contribution in [-0.2, 0) is 33.4 Å². The van der Waals surface area contributed by atoms with E-state index >= 15 is 0 Å². The van der Waals surface area contributed by atoms with Crippen LogP contribution in [0.15, 0.2) is 23.3 Å². The molecule has 2 saturated heterocycles. The molecule has 3 heterocycles. The number of carbonyl (C=O) groups excluding carboxylic acids is 4. The molecule has 5 aliphatic rings. The standard InChI is InChI=1S/C24H28O9/c1-10-18(28)16-17-19(31-10)32-20(29)22(17,4)8-13-23(16,5)14(26)6-11-12(24(13,30)9-25)7-15(27)33-21(11,2)3/h6-7,10,13,16-17,19,25,30H,8-9H2,1-5H3/t10-,13-,16+,17-,19-,22-,23-,24+/m1/s1. The lowest BCUT2D eigenvalue weighted by Crippen LogP contribution is -2.67. The van der Waals surface area contributed by atoms with Crippen LogP contribution in [0, 0.1) is 28.6 Å². The first kappa shape index (κ1) is 22.4. The number of fused-ring (bicyclic) bond motifs is 3. The van der Waals surface area contributed by atoms with Crippen LogP contribution in [-0.4, -0.2) is 63.9 Å². The third-order valence-electron chi connectivity index (χ3n) is 8.77. The van der Waals surface area contributed by atoms with Crippen molar-refractivity contribution in [1.29, 1.82) is 0 Å². The van der Waals surface area contributed by atoms with Gasteiger partial charge in [-0.1, -0.05) is 6.92 Å². The maximum Gasteiger partial charge on any atom is 0.332 e. The summed E-state index contributed by atoms with van der Waals surface area (Å²) >= 11 is 0. The normalized spacial score (nSPS) is 47.9. The van der Waals surface area contributed by atoms with Gasteiger partial charge in [0.1, 0.15) is 17.3 Å². The zero-order valence-corrected chi connectivity index (χ0v) is 19.2. The van der Waals surface area contributed by atoms with E-state index < -0.39 is 76.5 Å². The molecule has 8 atom stereocenters. The first-order valence-electron chi connectivity index (χ1n) is 11.2. The average molecular weight is 460 g/mol. The van der Waals surface area contributed by atoms with Crippen LogP contribution in [0.25, 0.3) is 0 Å². The van der Waals surface area contributed by atoms with Crippen LogP contribution >= 0.6 is 0 Å². The molecule has 0 aromatic heterocycles. The predicted octanol–water partition coefficient (Wildman–Crippen LogP) is 0.616. The van der Waals surface area contributed by atoms with E-state index in [0.717, 1.165) is 6.08 Å². The molecule has 3 fully saturated rings. The van der Waals surface area contributed by atoms with E-state index in [0.29, 0.717) is 0 Å². The van der Waals surface area contributed by atoms with Crippen LogP contribution in [0.2, 0.25) is 0 Å². The first-order chi connectivity index (χ1) is 15.2. The minimum Gasteiger partial charge on any atom is -0.452 e. The number of ether oxygens (including phenoxy) is 3. The highest BCUT2D eigenvalue weighted by atomic mass is 16.7. The maximum atomic E-state index is 14.0. The van der Waals surface area contributed by atoms with Gasteiger partial charge >= 0.3 is 11.9 Å². The topological polar surface area (TPSA) is 136 Å². The van der Waals surface area contributed by atoms with E-state index in [9.17, 15) is 29.4 Å². The van der Waals surface area contributed by atoms with Crippen molar-refractivity contribution < 1.29 is 43.6 Å². The van der Waals surface area contributed by atoms with Crippen molar-refractivity contribution in [3.8, 4) is 0 Å². The molecule has 0 aromatic rings. The lowest BCUT2D eigenvalue weighted by atomic mass is 9.44. The van der Waals surface area contributed by atoms with Gasteiger partial charge in [-0.25, -0.2) is 4.79 Å². The summed E-state index contributed by atoms with van der Waals surface area (Å²) in [7, 11) is 0. The minimum atomic E-state index is -2.09. The summed E-state index contributed by atoms with van der Waals surface area (Å²) in [5.74, 6) is -4.86. The molecule has 1 saturated carbocycles. The lowest BCUT2D eigenvalue weighted by Gasteiger charge is -2.58. The number of Topliss-reactive ketones (excluding diaryl/α,β-unsaturated/α-hetero) is 1. The van der Waals surface area contributed by atoms with Crippen LogP contribution in [0.3, 0.4) is 0 Å². The zero-order chi connectivity index (χ0) is 24.3. The number of aliphatic hydroxyl groups is 2. The number of cyclic esters (lactones) is 1. The molecule has 0 spiro atoms. The third-order valence-corrected chi connectivity index (χ3v) is 8.77. The van der Waals surface area contributed by atoms with E-state index in [1.54, 1.807) is 34.6 Å². The van der Waals surface area contributed by atoms with E-state index in [2.05, 4.69) is 0 Å². The number of rotatable bonds is 1. The van der Waals surface area contributed by atoms with Crippen LogP contribution in [0.4, 0.5) is 0 Å². The van der Waals surface area contributed by atoms with E-state index in [4.69, 9.17) is 14.2 Å². The van der Waals surface area contributed by atoms with Gasteiger partial charge in [0.15, 0.2) is 11.6 Å². The number of esters is 2. The quantitative estimate of drug-likeness (QED) is 0.540. The van der Waals surface area contributed by atoms with Crippen LogP contribution in [0.1, 0.15) is 41.0 Å². The molecule has 0 bridgehead atoms. The van der Waals surface area contributed by atoms with Gasteiger partial charge in [0.25, 0.3) is 0 Å². The Morgan fingerprint density at radius 1 is 1.06 bits per heavy atom.